The number of hydrogen-bond acceptors (Lipinski definition) is 2. The van der Waals surface area contributed by atoms with Crippen LogP contribution in [-0.2, 0) is 13.0 Å². The number of nitrogens with one attached hydrogen (secondary N) is 1. The second kappa shape index (κ2) is 10.1. The Morgan fingerprint density at radius 1 is 0.962 bits per heavy atom. The molecule has 0 aromatic heterocycles. The lowest BCUT2D eigenvalue weighted by molar-refractivity contribution is 0.0938. The molecule has 140 valence electrons. The minimum absolute atomic E-state index is 0.00770. The summed E-state index contributed by atoms with van der Waals surface area (Å²) in [5.74, 6) is 0.00770. The molecule has 0 spiro atoms. The van der Waals surface area contributed by atoms with Gasteiger partial charge in [-0.15, -0.1) is 0 Å². The fraction of sp³-hybridized carbons (Fsp3) is 0.435. The van der Waals surface area contributed by atoms with Crippen LogP contribution in [0.5, 0.6) is 0 Å². The topological polar surface area (TPSA) is 32.3 Å². The van der Waals surface area contributed by atoms with Crippen molar-refractivity contribution in [2.75, 3.05) is 6.54 Å². The zero-order valence-electron chi connectivity index (χ0n) is 16.5. The molecular formula is C23H32N2O. The molecule has 3 heteroatoms. The molecule has 0 aliphatic carbocycles. The van der Waals surface area contributed by atoms with Gasteiger partial charge in [0.25, 0.3) is 5.91 Å². The summed E-state index contributed by atoms with van der Waals surface area (Å²) < 4.78 is 0. The van der Waals surface area contributed by atoms with E-state index in [2.05, 4.69) is 74.3 Å². The normalized spacial score (nSPS) is 12.4. The van der Waals surface area contributed by atoms with Crippen LogP contribution < -0.4 is 5.32 Å². The summed E-state index contributed by atoms with van der Waals surface area (Å²) in [6, 6.07) is 19.1. The highest BCUT2D eigenvalue weighted by molar-refractivity contribution is 5.94. The van der Waals surface area contributed by atoms with Crippen molar-refractivity contribution in [2.45, 2.75) is 59.2 Å². The first-order valence-electron chi connectivity index (χ1n) is 9.67. The Kier molecular flexibility index (Phi) is 7.86. The van der Waals surface area contributed by atoms with Crippen LogP contribution in [0.2, 0.25) is 0 Å². The van der Waals surface area contributed by atoms with E-state index in [0.717, 1.165) is 31.5 Å². The molecule has 26 heavy (non-hydrogen) atoms. The van der Waals surface area contributed by atoms with Crippen LogP contribution in [0.1, 0.15) is 55.6 Å². The van der Waals surface area contributed by atoms with Gasteiger partial charge in [-0.1, -0.05) is 49.4 Å². The van der Waals surface area contributed by atoms with Crippen molar-refractivity contribution in [1.29, 1.82) is 0 Å². The SMILES string of the molecule is CCN(Cc1ccc(C(=O)NC(C)CCc2ccccc2)cc1)C(C)C. The molecule has 1 N–H and O–H groups in total. The summed E-state index contributed by atoms with van der Waals surface area (Å²) in [7, 11) is 0. The van der Waals surface area contributed by atoms with Crippen LogP contribution in [-0.4, -0.2) is 29.4 Å². The Morgan fingerprint density at radius 2 is 1.62 bits per heavy atom. The number of benzene rings is 2. The van der Waals surface area contributed by atoms with Gasteiger partial charge in [-0.2, -0.15) is 0 Å². The Balaban J connectivity index is 1.85. The second-order valence-electron chi connectivity index (χ2n) is 7.25. The summed E-state index contributed by atoms with van der Waals surface area (Å²) in [6.07, 6.45) is 1.91. The van der Waals surface area contributed by atoms with Crippen LogP contribution in [0.25, 0.3) is 0 Å². The Hall–Kier alpha value is -2.13. The van der Waals surface area contributed by atoms with E-state index in [9.17, 15) is 4.79 Å². The first-order chi connectivity index (χ1) is 12.5. The largest absolute Gasteiger partial charge is 0.350 e. The predicted molar refractivity (Wildman–Crippen MR) is 109 cm³/mol. The lowest BCUT2D eigenvalue weighted by Crippen LogP contribution is -2.33. The third-order valence-electron chi connectivity index (χ3n) is 4.82. The lowest BCUT2D eigenvalue weighted by Gasteiger charge is -2.24. The van der Waals surface area contributed by atoms with E-state index in [1.807, 2.05) is 18.2 Å². The second-order valence-corrected chi connectivity index (χ2v) is 7.25. The van der Waals surface area contributed by atoms with Gasteiger partial charge in [0.2, 0.25) is 0 Å². The first-order valence-corrected chi connectivity index (χ1v) is 9.67. The number of aryl methyl sites for hydroxylation is 1. The minimum Gasteiger partial charge on any atom is -0.350 e. The van der Waals surface area contributed by atoms with Crippen LogP contribution in [0, 0.1) is 0 Å². The highest BCUT2D eigenvalue weighted by Crippen LogP contribution is 2.11. The van der Waals surface area contributed by atoms with Crippen molar-refractivity contribution >= 4 is 5.91 Å². The van der Waals surface area contributed by atoms with Gasteiger partial charge < -0.3 is 5.32 Å². The molecule has 0 heterocycles. The fourth-order valence-corrected chi connectivity index (χ4v) is 3.06. The van der Waals surface area contributed by atoms with Crippen LogP contribution in [0.3, 0.4) is 0 Å². The van der Waals surface area contributed by atoms with Gasteiger partial charge in [-0.05, 0) is 63.4 Å². The van der Waals surface area contributed by atoms with Gasteiger partial charge >= 0.3 is 0 Å². The van der Waals surface area contributed by atoms with Crippen LogP contribution in [0.4, 0.5) is 0 Å². The maximum Gasteiger partial charge on any atom is 0.251 e. The van der Waals surface area contributed by atoms with E-state index in [0.29, 0.717) is 6.04 Å². The molecule has 0 saturated heterocycles. The quantitative estimate of drug-likeness (QED) is 0.711. The number of amides is 1. The molecule has 3 nitrogen and oxygen atoms in total. The van der Waals surface area contributed by atoms with Gasteiger partial charge in [-0.25, -0.2) is 0 Å². The molecule has 1 unspecified atom stereocenters. The number of carbonyl (C=O) groups is 1. The highest BCUT2D eigenvalue weighted by atomic mass is 16.1. The molecule has 0 saturated carbocycles. The van der Waals surface area contributed by atoms with Crippen LogP contribution in [0.15, 0.2) is 54.6 Å². The molecule has 0 aliphatic heterocycles. The fourth-order valence-electron chi connectivity index (χ4n) is 3.06. The zero-order valence-corrected chi connectivity index (χ0v) is 16.5. The molecule has 0 aliphatic rings. The molecular weight excluding hydrogens is 320 g/mol. The van der Waals surface area contributed by atoms with E-state index in [-0.39, 0.29) is 11.9 Å². The zero-order chi connectivity index (χ0) is 18.9. The van der Waals surface area contributed by atoms with E-state index in [1.165, 1.54) is 11.1 Å². The Labute approximate surface area is 158 Å². The molecule has 2 rings (SSSR count). The summed E-state index contributed by atoms with van der Waals surface area (Å²) in [5.41, 5.74) is 3.28. The van der Waals surface area contributed by atoms with Gasteiger partial charge in [0.05, 0.1) is 0 Å². The molecule has 0 fully saturated rings. The molecule has 2 aromatic carbocycles. The first kappa shape index (κ1) is 20.2. The van der Waals surface area contributed by atoms with E-state index in [1.54, 1.807) is 0 Å². The van der Waals surface area contributed by atoms with E-state index < -0.39 is 0 Å². The van der Waals surface area contributed by atoms with Crippen molar-refractivity contribution < 1.29 is 4.79 Å². The van der Waals surface area contributed by atoms with Crippen molar-refractivity contribution in [2.24, 2.45) is 0 Å². The predicted octanol–water partition coefficient (Wildman–Crippen LogP) is 4.67. The Bertz CT molecular complexity index is 664. The summed E-state index contributed by atoms with van der Waals surface area (Å²) in [6.45, 7) is 10.6. The molecule has 0 bridgehead atoms. The van der Waals surface area contributed by atoms with Crippen molar-refractivity contribution in [3.8, 4) is 0 Å². The average molecular weight is 353 g/mol. The smallest absolute Gasteiger partial charge is 0.251 e. The maximum absolute atomic E-state index is 12.4. The lowest BCUT2D eigenvalue weighted by atomic mass is 10.1. The average Bonchev–Trinajstić information content (AvgIpc) is 2.65. The molecule has 0 radical (unpaired) electrons. The van der Waals surface area contributed by atoms with Gasteiger partial charge in [0.15, 0.2) is 0 Å². The highest BCUT2D eigenvalue weighted by Gasteiger charge is 2.11. The van der Waals surface area contributed by atoms with Crippen LogP contribution >= 0.6 is 0 Å². The van der Waals surface area contributed by atoms with Crippen molar-refractivity contribution in [1.82, 2.24) is 10.2 Å². The van der Waals surface area contributed by atoms with E-state index in [4.69, 9.17) is 0 Å². The summed E-state index contributed by atoms with van der Waals surface area (Å²) in [4.78, 5) is 14.8. The minimum atomic E-state index is 0.00770. The molecule has 1 amide bonds. The number of carbonyl (C=O) groups excluding carboxylic acids is 1. The van der Waals surface area contributed by atoms with Crippen molar-refractivity contribution in [3.05, 3.63) is 71.3 Å². The Morgan fingerprint density at radius 3 is 2.19 bits per heavy atom. The standard InChI is InChI=1S/C23H32N2O/c1-5-25(18(2)3)17-21-13-15-22(16-14-21)23(26)24-19(4)11-12-20-9-7-6-8-10-20/h6-10,13-16,18-19H,5,11-12,17H2,1-4H3,(H,24,26). The number of rotatable bonds is 9. The molecule has 2 aromatic rings. The monoisotopic (exact) mass is 352 g/mol. The molecule has 1 atom stereocenters. The van der Waals surface area contributed by atoms with Gasteiger partial charge in [0, 0.05) is 24.2 Å². The van der Waals surface area contributed by atoms with E-state index >= 15 is 0 Å². The summed E-state index contributed by atoms with van der Waals surface area (Å²) >= 11 is 0. The number of nitrogens with zero attached hydrogens (tertiary/aromatic N) is 1. The van der Waals surface area contributed by atoms with Crippen molar-refractivity contribution in [3.63, 3.8) is 0 Å². The number of hydrogen-bond donors (Lipinski definition) is 1. The third kappa shape index (κ3) is 6.30. The maximum atomic E-state index is 12.4. The van der Waals surface area contributed by atoms with Gasteiger partial charge in [-0.3, -0.25) is 9.69 Å². The third-order valence-corrected chi connectivity index (χ3v) is 4.82. The summed E-state index contributed by atoms with van der Waals surface area (Å²) in [5, 5.41) is 3.11. The van der Waals surface area contributed by atoms with Gasteiger partial charge in [0.1, 0.15) is 0 Å².